The van der Waals surface area contributed by atoms with Gasteiger partial charge in [0.2, 0.25) is 0 Å². The van der Waals surface area contributed by atoms with Gasteiger partial charge in [-0.1, -0.05) is 48.5 Å². The van der Waals surface area contributed by atoms with Gasteiger partial charge in [-0.25, -0.2) is 0 Å². The SMILES string of the molecule is Oc1ccc2c(c1)-c1cc3ccccc3c3cccc-2c13. The van der Waals surface area contributed by atoms with E-state index in [9.17, 15) is 5.11 Å². The van der Waals surface area contributed by atoms with Crippen molar-refractivity contribution < 1.29 is 5.11 Å². The Balaban J connectivity index is 2.08. The fourth-order valence-electron chi connectivity index (χ4n) is 3.59. The third-order valence-electron chi connectivity index (χ3n) is 4.47. The molecule has 4 aromatic rings. The lowest BCUT2D eigenvalue weighted by molar-refractivity contribution is 0.475. The molecule has 1 N–H and O–H groups in total. The molecule has 0 atom stereocenters. The summed E-state index contributed by atoms with van der Waals surface area (Å²) in [5.41, 5.74) is 4.84. The maximum Gasteiger partial charge on any atom is 0.116 e. The zero-order chi connectivity index (χ0) is 14.0. The second kappa shape index (κ2) is 3.64. The number of hydrogen-bond acceptors (Lipinski definition) is 1. The zero-order valence-electron chi connectivity index (χ0n) is 11.3. The molecule has 0 heterocycles. The highest BCUT2D eigenvalue weighted by Gasteiger charge is 2.22. The number of phenols is 1. The molecule has 5 rings (SSSR count). The van der Waals surface area contributed by atoms with E-state index in [0.717, 1.165) is 5.56 Å². The molecule has 0 fully saturated rings. The molecule has 21 heavy (non-hydrogen) atoms. The van der Waals surface area contributed by atoms with Crippen molar-refractivity contribution in [2.45, 2.75) is 0 Å². The van der Waals surface area contributed by atoms with Crippen molar-refractivity contribution in [3.05, 3.63) is 66.7 Å². The summed E-state index contributed by atoms with van der Waals surface area (Å²) >= 11 is 0. The van der Waals surface area contributed by atoms with Crippen molar-refractivity contribution in [2.75, 3.05) is 0 Å². The Bertz CT molecular complexity index is 1040. The second-order valence-corrected chi connectivity index (χ2v) is 5.60. The number of benzene rings is 4. The molecule has 98 valence electrons. The number of aromatic hydroxyl groups is 1. The van der Waals surface area contributed by atoms with E-state index in [1.807, 2.05) is 12.1 Å². The van der Waals surface area contributed by atoms with Gasteiger partial charge >= 0.3 is 0 Å². The topological polar surface area (TPSA) is 20.2 Å². The van der Waals surface area contributed by atoms with Crippen molar-refractivity contribution in [3.63, 3.8) is 0 Å². The van der Waals surface area contributed by atoms with E-state index in [1.54, 1.807) is 6.07 Å². The summed E-state index contributed by atoms with van der Waals surface area (Å²) < 4.78 is 0. The highest BCUT2D eigenvalue weighted by Crippen LogP contribution is 2.49. The van der Waals surface area contributed by atoms with Crippen LogP contribution in [0.15, 0.2) is 66.7 Å². The number of phenolic OH excluding ortho intramolecular Hbond substituents is 1. The summed E-state index contributed by atoms with van der Waals surface area (Å²) in [7, 11) is 0. The lowest BCUT2D eigenvalue weighted by Gasteiger charge is -2.07. The number of fused-ring (bicyclic) bond motifs is 5. The van der Waals surface area contributed by atoms with E-state index in [1.165, 1.54) is 38.2 Å². The molecule has 1 heteroatoms. The predicted molar refractivity (Wildman–Crippen MR) is 87.5 cm³/mol. The van der Waals surface area contributed by atoms with Crippen LogP contribution in [0, 0.1) is 0 Å². The van der Waals surface area contributed by atoms with Crippen molar-refractivity contribution in [3.8, 4) is 28.0 Å². The van der Waals surface area contributed by atoms with Crippen LogP contribution in [0.1, 0.15) is 0 Å². The summed E-state index contributed by atoms with van der Waals surface area (Å²) in [6, 6.07) is 22.9. The first-order valence-corrected chi connectivity index (χ1v) is 7.11. The minimum absolute atomic E-state index is 0.322. The smallest absolute Gasteiger partial charge is 0.116 e. The van der Waals surface area contributed by atoms with Crippen LogP contribution < -0.4 is 0 Å². The Hall–Kier alpha value is -2.80. The van der Waals surface area contributed by atoms with Gasteiger partial charge in [-0.3, -0.25) is 0 Å². The minimum atomic E-state index is 0.322. The molecular formula is C20H12O. The van der Waals surface area contributed by atoms with Gasteiger partial charge in [0.1, 0.15) is 5.75 Å². The first-order chi connectivity index (χ1) is 10.3. The van der Waals surface area contributed by atoms with Crippen LogP contribution in [0.5, 0.6) is 5.75 Å². The van der Waals surface area contributed by atoms with E-state index >= 15 is 0 Å². The quantitative estimate of drug-likeness (QED) is 0.375. The summed E-state index contributed by atoms with van der Waals surface area (Å²) in [6.07, 6.45) is 0. The van der Waals surface area contributed by atoms with Crippen molar-refractivity contribution in [1.82, 2.24) is 0 Å². The lowest BCUT2D eigenvalue weighted by Crippen LogP contribution is -1.80. The van der Waals surface area contributed by atoms with Crippen LogP contribution in [0.4, 0.5) is 0 Å². The molecule has 1 aliphatic rings. The fourth-order valence-corrected chi connectivity index (χ4v) is 3.59. The molecule has 0 saturated carbocycles. The third-order valence-corrected chi connectivity index (χ3v) is 4.47. The Morgan fingerprint density at radius 2 is 1.43 bits per heavy atom. The first-order valence-electron chi connectivity index (χ1n) is 7.11. The number of hydrogen-bond donors (Lipinski definition) is 1. The van der Waals surface area contributed by atoms with E-state index < -0.39 is 0 Å². The van der Waals surface area contributed by atoms with Gasteiger partial charge in [0.15, 0.2) is 0 Å². The van der Waals surface area contributed by atoms with E-state index in [-0.39, 0.29) is 0 Å². The Labute approximate surface area is 122 Å². The van der Waals surface area contributed by atoms with Crippen LogP contribution in [0.2, 0.25) is 0 Å². The molecular weight excluding hydrogens is 256 g/mol. The summed E-state index contributed by atoms with van der Waals surface area (Å²) in [4.78, 5) is 0. The summed E-state index contributed by atoms with van der Waals surface area (Å²) in [6.45, 7) is 0. The molecule has 0 radical (unpaired) electrons. The standard InChI is InChI=1S/C20H12O/c21-13-8-9-15-17-7-3-6-16-14-5-2-1-4-12(14)10-19(20(16)17)18(15)11-13/h1-11,21H. The lowest BCUT2D eigenvalue weighted by atomic mass is 9.96. The van der Waals surface area contributed by atoms with Gasteiger partial charge in [-0.15, -0.1) is 0 Å². The Morgan fingerprint density at radius 1 is 0.571 bits per heavy atom. The average Bonchev–Trinajstić information content (AvgIpc) is 2.83. The Kier molecular flexibility index (Phi) is 1.90. The fraction of sp³-hybridized carbons (Fsp3) is 0. The van der Waals surface area contributed by atoms with Gasteiger partial charge < -0.3 is 5.11 Å². The van der Waals surface area contributed by atoms with E-state index in [0.29, 0.717) is 5.75 Å². The normalized spacial score (nSPS) is 12.0. The monoisotopic (exact) mass is 268 g/mol. The highest BCUT2D eigenvalue weighted by atomic mass is 16.3. The van der Waals surface area contributed by atoms with Crippen LogP contribution in [0.3, 0.4) is 0 Å². The molecule has 1 nitrogen and oxygen atoms in total. The predicted octanol–water partition coefficient (Wildman–Crippen LogP) is 5.35. The van der Waals surface area contributed by atoms with Crippen LogP contribution in [0.25, 0.3) is 43.8 Å². The molecule has 0 amide bonds. The number of rotatable bonds is 0. The molecule has 0 aromatic heterocycles. The van der Waals surface area contributed by atoms with E-state index in [4.69, 9.17) is 0 Å². The maximum absolute atomic E-state index is 9.84. The van der Waals surface area contributed by atoms with Gasteiger partial charge in [-0.05, 0) is 62.0 Å². The largest absolute Gasteiger partial charge is 0.508 e. The Morgan fingerprint density at radius 3 is 2.38 bits per heavy atom. The molecule has 0 saturated heterocycles. The first kappa shape index (κ1) is 10.9. The molecule has 0 bridgehead atoms. The molecule has 4 aromatic carbocycles. The van der Waals surface area contributed by atoms with Crippen molar-refractivity contribution >= 4 is 21.5 Å². The molecule has 0 unspecified atom stereocenters. The van der Waals surface area contributed by atoms with Gasteiger partial charge in [0.05, 0.1) is 0 Å². The zero-order valence-corrected chi connectivity index (χ0v) is 11.3. The van der Waals surface area contributed by atoms with E-state index in [2.05, 4.69) is 48.5 Å². The van der Waals surface area contributed by atoms with Gasteiger partial charge in [0.25, 0.3) is 0 Å². The third kappa shape index (κ3) is 1.30. The van der Waals surface area contributed by atoms with Gasteiger partial charge in [0, 0.05) is 0 Å². The van der Waals surface area contributed by atoms with Crippen LogP contribution in [-0.4, -0.2) is 5.11 Å². The van der Waals surface area contributed by atoms with Gasteiger partial charge in [-0.2, -0.15) is 0 Å². The maximum atomic E-state index is 9.84. The average molecular weight is 268 g/mol. The minimum Gasteiger partial charge on any atom is -0.508 e. The molecule has 0 spiro atoms. The molecule has 1 aliphatic carbocycles. The second-order valence-electron chi connectivity index (χ2n) is 5.60. The van der Waals surface area contributed by atoms with Crippen molar-refractivity contribution in [2.24, 2.45) is 0 Å². The highest BCUT2D eigenvalue weighted by molar-refractivity contribution is 6.23. The van der Waals surface area contributed by atoms with Crippen LogP contribution in [-0.2, 0) is 0 Å². The molecule has 0 aliphatic heterocycles. The van der Waals surface area contributed by atoms with Crippen LogP contribution >= 0.6 is 0 Å². The summed E-state index contributed by atoms with van der Waals surface area (Å²) in [5, 5.41) is 15.0. The summed E-state index contributed by atoms with van der Waals surface area (Å²) in [5.74, 6) is 0.322. The van der Waals surface area contributed by atoms with Crippen molar-refractivity contribution in [1.29, 1.82) is 0 Å².